The monoisotopic (exact) mass is 283 g/mol. The molecule has 4 N–H and O–H groups in total. The minimum atomic E-state index is 0.206. The Morgan fingerprint density at radius 1 is 1.15 bits per heavy atom. The van der Waals surface area contributed by atoms with Crippen molar-refractivity contribution in [2.24, 2.45) is 5.84 Å². The lowest BCUT2D eigenvalue weighted by molar-refractivity contribution is 0.293. The molecule has 0 saturated heterocycles. The number of likely N-dealkylation sites (N-methyl/N-ethyl adjacent to an activating group) is 1. The van der Waals surface area contributed by atoms with Gasteiger partial charge in [0.05, 0.1) is 6.61 Å². The number of nitrogens with one attached hydrogen (secondary N) is 2. The Kier molecular flexibility index (Phi) is 6.96. The first kappa shape index (κ1) is 16.4. The molecule has 0 aromatic carbocycles. The van der Waals surface area contributed by atoms with Gasteiger partial charge in [0.1, 0.15) is 0 Å². The minimum absolute atomic E-state index is 0.206. The number of hydrogen-bond acceptors (Lipinski definition) is 8. The number of nitrogen functional groups attached to an aromatic ring is 1. The van der Waals surface area contributed by atoms with Crippen LogP contribution in [0.3, 0.4) is 0 Å². The normalized spacial score (nSPS) is 12.3. The summed E-state index contributed by atoms with van der Waals surface area (Å²) >= 11 is 0. The fourth-order valence-electron chi connectivity index (χ4n) is 1.81. The number of hydrazine groups is 1. The molecular weight excluding hydrogens is 258 g/mol. The summed E-state index contributed by atoms with van der Waals surface area (Å²) < 4.78 is 5.29. The van der Waals surface area contributed by atoms with E-state index in [0.717, 1.165) is 19.6 Å². The maximum Gasteiger partial charge on any atom is 0.323 e. The number of rotatable bonds is 9. The molecule has 0 amide bonds. The molecule has 0 bridgehead atoms. The molecule has 0 fully saturated rings. The molecule has 20 heavy (non-hydrogen) atoms. The summed E-state index contributed by atoms with van der Waals surface area (Å²) in [4.78, 5) is 14.7. The third-order valence-electron chi connectivity index (χ3n) is 2.82. The van der Waals surface area contributed by atoms with E-state index in [-0.39, 0.29) is 18.0 Å². The number of hydrogen-bond donors (Lipinski definition) is 3. The second-order valence-electron chi connectivity index (χ2n) is 4.37. The van der Waals surface area contributed by atoms with Gasteiger partial charge in [-0.2, -0.15) is 15.0 Å². The molecule has 0 aliphatic rings. The molecule has 0 aliphatic heterocycles. The van der Waals surface area contributed by atoms with Crippen molar-refractivity contribution >= 4 is 11.9 Å². The number of aromatic nitrogens is 3. The topological polar surface area (TPSA) is 101 Å². The molecule has 1 aromatic heterocycles. The van der Waals surface area contributed by atoms with Gasteiger partial charge in [0.2, 0.25) is 11.9 Å². The Hall–Kier alpha value is -1.67. The van der Waals surface area contributed by atoms with E-state index in [1.807, 2.05) is 6.92 Å². The second kappa shape index (κ2) is 8.49. The second-order valence-corrected chi connectivity index (χ2v) is 4.37. The smallest absolute Gasteiger partial charge is 0.323 e. The lowest BCUT2D eigenvalue weighted by Gasteiger charge is -2.23. The first-order chi connectivity index (χ1) is 9.62. The average molecular weight is 283 g/mol. The van der Waals surface area contributed by atoms with Crippen LogP contribution in [0, 0.1) is 0 Å². The van der Waals surface area contributed by atoms with Crippen LogP contribution in [0.1, 0.15) is 27.7 Å². The fourth-order valence-corrected chi connectivity index (χ4v) is 1.81. The lowest BCUT2D eigenvalue weighted by Crippen LogP contribution is -2.35. The number of nitrogens with two attached hydrogens (primary N) is 1. The van der Waals surface area contributed by atoms with E-state index in [1.54, 1.807) is 0 Å². The van der Waals surface area contributed by atoms with Crippen molar-refractivity contribution in [3.63, 3.8) is 0 Å². The van der Waals surface area contributed by atoms with Crippen LogP contribution in [0.4, 0.5) is 11.9 Å². The molecule has 0 radical (unpaired) electrons. The molecule has 1 unspecified atom stereocenters. The van der Waals surface area contributed by atoms with Gasteiger partial charge in [0, 0.05) is 12.6 Å². The van der Waals surface area contributed by atoms with Gasteiger partial charge < -0.3 is 15.0 Å². The van der Waals surface area contributed by atoms with E-state index in [0.29, 0.717) is 12.6 Å². The van der Waals surface area contributed by atoms with Gasteiger partial charge in [-0.05, 0) is 26.9 Å². The quantitative estimate of drug-likeness (QED) is 0.450. The van der Waals surface area contributed by atoms with Crippen molar-refractivity contribution in [2.75, 3.05) is 37.0 Å². The molecule has 1 rings (SSSR count). The molecule has 0 aliphatic carbocycles. The van der Waals surface area contributed by atoms with E-state index >= 15 is 0 Å². The first-order valence-electron chi connectivity index (χ1n) is 6.97. The summed E-state index contributed by atoms with van der Waals surface area (Å²) in [6.45, 7) is 11.7. The largest absolute Gasteiger partial charge is 0.464 e. The van der Waals surface area contributed by atoms with Crippen molar-refractivity contribution in [3.05, 3.63) is 0 Å². The van der Waals surface area contributed by atoms with Gasteiger partial charge in [-0.3, -0.25) is 5.43 Å². The zero-order valence-electron chi connectivity index (χ0n) is 12.7. The van der Waals surface area contributed by atoms with Crippen LogP contribution in [0.5, 0.6) is 6.01 Å². The Morgan fingerprint density at radius 2 is 1.80 bits per heavy atom. The number of nitrogens with zero attached hydrogens (tertiary/aromatic N) is 4. The van der Waals surface area contributed by atoms with E-state index in [1.165, 1.54) is 0 Å². The molecule has 114 valence electrons. The van der Waals surface area contributed by atoms with Gasteiger partial charge in [-0.1, -0.05) is 13.8 Å². The van der Waals surface area contributed by atoms with Crippen LogP contribution in [0.2, 0.25) is 0 Å². The third-order valence-corrected chi connectivity index (χ3v) is 2.82. The first-order valence-corrected chi connectivity index (χ1v) is 6.97. The maximum atomic E-state index is 5.34. The highest BCUT2D eigenvalue weighted by Crippen LogP contribution is 2.11. The van der Waals surface area contributed by atoms with E-state index in [9.17, 15) is 0 Å². The molecule has 1 aromatic rings. The predicted octanol–water partition coefficient (Wildman–Crippen LogP) is 0.698. The minimum Gasteiger partial charge on any atom is -0.464 e. The molecular formula is C12H25N7O. The van der Waals surface area contributed by atoms with Crippen LogP contribution >= 0.6 is 0 Å². The van der Waals surface area contributed by atoms with Crippen LogP contribution in [0.15, 0.2) is 0 Å². The highest BCUT2D eigenvalue weighted by Gasteiger charge is 2.11. The SMILES string of the molecule is CCOc1nc(NN)nc(NC(C)CN(CC)CC)n1. The van der Waals surface area contributed by atoms with Gasteiger partial charge in [-0.25, -0.2) is 5.84 Å². The molecule has 1 atom stereocenters. The van der Waals surface area contributed by atoms with E-state index in [4.69, 9.17) is 10.6 Å². The van der Waals surface area contributed by atoms with Crippen LogP contribution in [0.25, 0.3) is 0 Å². The molecule has 8 nitrogen and oxygen atoms in total. The van der Waals surface area contributed by atoms with Crippen LogP contribution in [-0.2, 0) is 0 Å². The third kappa shape index (κ3) is 5.14. The summed E-state index contributed by atoms with van der Waals surface area (Å²) in [5.41, 5.74) is 2.41. The van der Waals surface area contributed by atoms with E-state index in [2.05, 4.69) is 51.4 Å². The number of ether oxygens (including phenoxy) is 1. The average Bonchev–Trinajstić information content (AvgIpc) is 2.44. The van der Waals surface area contributed by atoms with Gasteiger partial charge in [-0.15, -0.1) is 0 Å². The lowest BCUT2D eigenvalue weighted by atomic mass is 10.3. The predicted molar refractivity (Wildman–Crippen MR) is 79.7 cm³/mol. The van der Waals surface area contributed by atoms with Gasteiger partial charge in [0.15, 0.2) is 0 Å². The molecule has 0 spiro atoms. The van der Waals surface area contributed by atoms with Crippen LogP contribution < -0.4 is 21.3 Å². The summed E-state index contributed by atoms with van der Waals surface area (Å²) in [5, 5.41) is 3.24. The standard InChI is InChI=1S/C12H25N7O/c1-5-19(6-2)8-9(4)14-10-15-11(18-13)17-12(16-10)20-7-3/h9H,5-8,13H2,1-4H3,(H2,14,15,16,17,18). The highest BCUT2D eigenvalue weighted by atomic mass is 16.5. The van der Waals surface area contributed by atoms with Crippen molar-refractivity contribution in [1.82, 2.24) is 19.9 Å². The van der Waals surface area contributed by atoms with Crippen LogP contribution in [-0.4, -0.2) is 52.1 Å². The Morgan fingerprint density at radius 3 is 2.35 bits per heavy atom. The summed E-state index contributed by atoms with van der Waals surface area (Å²) in [7, 11) is 0. The van der Waals surface area contributed by atoms with Crippen molar-refractivity contribution in [3.8, 4) is 6.01 Å². The fraction of sp³-hybridized carbons (Fsp3) is 0.750. The van der Waals surface area contributed by atoms with Gasteiger partial charge in [0.25, 0.3) is 0 Å². The van der Waals surface area contributed by atoms with Crippen molar-refractivity contribution < 1.29 is 4.74 Å². The Labute approximate surface area is 120 Å². The maximum absolute atomic E-state index is 5.34. The molecule has 0 saturated carbocycles. The zero-order chi connectivity index (χ0) is 15.0. The van der Waals surface area contributed by atoms with Gasteiger partial charge >= 0.3 is 6.01 Å². The summed E-state index contributed by atoms with van der Waals surface area (Å²) in [6.07, 6.45) is 0. The Balaban J connectivity index is 2.72. The molecule has 1 heterocycles. The van der Waals surface area contributed by atoms with Crippen molar-refractivity contribution in [1.29, 1.82) is 0 Å². The molecule has 8 heteroatoms. The van der Waals surface area contributed by atoms with E-state index < -0.39 is 0 Å². The Bertz CT molecular complexity index is 397. The number of anilines is 2. The highest BCUT2D eigenvalue weighted by molar-refractivity contribution is 5.35. The summed E-state index contributed by atoms with van der Waals surface area (Å²) in [6, 6.07) is 0.463. The zero-order valence-corrected chi connectivity index (χ0v) is 12.7. The summed E-state index contributed by atoms with van der Waals surface area (Å²) in [5.74, 6) is 6.08. The van der Waals surface area contributed by atoms with Crippen molar-refractivity contribution in [2.45, 2.75) is 33.7 Å².